The maximum absolute atomic E-state index is 2.68. The summed E-state index contributed by atoms with van der Waals surface area (Å²) in [6.45, 7) is 0. The van der Waals surface area contributed by atoms with Gasteiger partial charge in [-0.25, -0.2) is 5.01 Å². The maximum atomic E-state index is 2.68. The van der Waals surface area contributed by atoms with Crippen molar-refractivity contribution >= 4 is 11.3 Å². The second kappa shape index (κ2) is 7.86. The summed E-state index contributed by atoms with van der Waals surface area (Å²) in [5, 5.41) is 5.29. The van der Waals surface area contributed by atoms with Gasteiger partial charge in [-0.15, -0.1) is 0 Å². The van der Waals surface area contributed by atoms with Crippen molar-refractivity contribution in [1.29, 1.82) is 0 Å². The molecule has 3 aliphatic rings. The first-order valence-electron chi connectivity index (χ1n) is 11.6. The zero-order chi connectivity index (χ0) is 20.6. The summed E-state index contributed by atoms with van der Waals surface area (Å²) in [6, 6.07) is 34.3. The van der Waals surface area contributed by atoms with Crippen LogP contribution < -0.4 is 0 Å². The van der Waals surface area contributed by atoms with E-state index in [1.54, 1.807) is 0 Å². The predicted octanol–water partition coefficient (Wildman–Crippen LogP) is 6.71. The Morgan fingerprint density at radius 1 is 0.613 bits per heavy atom. The second-order valence-electron chi connectivity index (χ2n) is 8.88. The third-order valence-electron chi connectivity index (χ3n) is 6.99. The van der Waals surface area contributed by atoms with Gasteiger partial charge in [-0.2, -0.15) is 0 Å². The van der Waals surface area contributed by atoms with Gasteiger partial charge < -0.3 is 0 Å². The van der Waals surface area contributed by atoms with E-state index in [1.165, 1.54) is 53.6 Å². The highest BCUT2D eigenvalue weighted by Gasteiger charge is 2.54. The van der Waals surface area contributed by atoms with Gasteiger partial charge in [0.15, 0.2) is 0 Å². The molecular formula is C29H28N2. The number of allylic oxidation sites excluding steroid dienone is 2. The summed E-state index contributed by atoms with van der Waals surface area (Å²) in [5.41, 5.74) is 6.52. The van der Waals surface area contributed by atoms with Gasteiger partial charge in [0.05, 0.1) is 11.7 Å². The van der Waals surface area contributed by atoms with Crippen LogP contribution in [0.1, 0.15) is 48.4 Å². The Morgan fingerprint density at radius 3 is 1.77 bits per heavy atom. The Hall–Kier alpha value is -3.10. The van der Waals surface area contributed by atoms with Crippen LogP contribution in [0.4, 0.5) is 0 Å². The van der Waals surface area contributed by atoms with Crippen molar-refractivity contribution in [3.8, 4) is 0 Å². The number of hydrogen-bond donors (Lipinski definition) is 0. The number of benzene rings is 3. The van der Waals surface area contributed by atoms with Gasteiger partial charge in [-0.3, -0.25) is 5.01 Å². The summed E-state index contributed by atoms with van der Waals surface area (Å²) in [4.78, 5) is 0. The molecule has 31 heavy (non-hydrogen) atoms. The summed E-state index contributed by atoms with van der Waals surface area (Å²) < 4.78 is 0. The SMILES string of the molecule is C1=C(c2ccccc2)C=C(c2ccccc2)N(N2C3CCCCC32)C1c1ccccc1. The monoisotopic (exact) mass is 404 g/mol. The standard InChI is InChI=1S/C29H28N2/c1-4-12-22(13-5-1)25-20-28(23-14-6-2-7-15-23)31(30-26-18-10-11-19-27(26)30)29(21-25)24-16-8-3-9-17-24/h1-9,12-17,20-21,26-28H,10-11,18-19H2. The lowest BCUT2D eigenvalue weighted by molar-refractivity contribution is 0.108. The van der Waals surface area contributed by atoms with Crippen LogP contribution in [-0.2, 0) is 0 Å². The van der Waals surface area contributed by atoms with Crippen LogP contribution in [0.15, 0.2) is 103 Å². The summed E-state index contributed by atoms with van der Waals surface area (Å²) >= 11 is 0. The van der Waals surface area contributed by atoms with E-state index in [0.717, 1.165) is 0 Å². The largest absolute Gasteiger partial charge is 0.293 e. The average molecular weight is 405 g/mol. The molecule has 2 nitrogen and oxygen atoms in total. The van der Waals surface area contributed by atoms with E-state index in [1.807, 2.05) is 0 Å². The van der Waals surface area contributed by atoms with Gasteiger partial charge in [0.25, 0.3) is 0 Å². The third-order valence-corrected chi connectivity index (χ3v) is 6.99. The zero-order valence-electron chi connectivity index (χ0n) is 17.8. The maximum Gasteiger partial charge on any atom is 0.0897 e. The Bertz CT molecular complexity index is 1090. The van der Waals surface area contributed by atoms with Crippen LogP contribution >= 0.6 is 0 Å². The zero-order valence-corrected chi connectivity index (χ0v) is 17.8. The molecular weight excluding hydrogens is 376 g/mol. The Morgan fingerprint density at radius 2 is 1.16 bits per heavy atom. The normalized spacial score (nSPS) is 27.2. The van der Waals surface area contributed by atoms with E-state index in [0.29, 0.717) is 12.1 Å². The average Bonchev–Trinajstić information content (AvgIpc) is 3.59. The van der Waals surface area contributed by atoms with Crippen LogP contribution in [0.5, 0.6) is 0 Å². The first kappa shape index (κ1) is 18.7. The molecule has 1 aliphatic carbocycles. The fourth-order valence-corrected chi connectivity index (χ4v) is 5.44. The van der Waals surface area contributed by atoms with Crippen LogP contribution in [0.25, 0.3) is 11.3 Å². The molecule has 2 aliphatic heterocycles. The topological polar surface area (TPSA) is 6.25 Å². The van der Waals surface area contributed by atoms with Gasteiger partial charge in [0, 0.05) is 12.1 Å². The van der Waals surface area contributed by atoms with Crippen molar-refractivity contribution in [3.05, 3.63) is 120 Å². The quantitative estimate of drug-likeness (QED) is 0.446. The van der Waals surface area contributed by atoms with E-state index < -0.39 is 0 Å². The van der Waals surface area contributed by atoms with Crippen molar-refractivity contribution < 1.29 is 0 Å². The van der Waals surface area contributed by atoms with Gasteiger partial charge in [0.1, 0.15) is 0 Å². The van der Waals surface area contributed by atoms with Crippen molar-refractivity contribution in [3.63, 3.8) is 0 Å². The number of rotatable bonds is 4. The third kappa shape index (κ3) is 3.41. The molecule has 3 unspecified atom stereocenters. The molecule has 0 amide bonds. The highest BCUT2D eigenvalue weighted by atomic mass is 15.7. The number of hydrazine groups is 1. The minimum absolute atomic E-state index is 0.196. The van der Waals surface area contributed by atoms with E-state index in [-0.39, 0.29) is 6.04 Å². The van der Waals surface area contributed by atoms with Crippen molar-refractivity contribution in [2.24, 2.45) is 0 Å². The van der Waals surface area contributed by atoms with E-state index in [2.05, 4.69) is 113 Å². The van der Waals surface area contributed by atoms with Gasteiger partial charge >= 0.3 is 0 Å². The van der Waals surface area contributed by atoms with Crippen molar-refractivity contribution in [2.75, 3.05) is 0 Å². The summed E-state index contributed by atoms with van der Waals surface area (Å²) in [5.74, 6) is 0. The molecule has 3 aromatic carbocycles. The summed E-state index contributed by atoms with van der Waals surface area (Å²) in [6.07, 6.45) is 10.2. The molecule has 2 heterocycles. The van der Waals surface area contributed by atoms with Gasteiger partial charge in [-0.05, 0) is 47.3 Å². The fourth-order valence-electron chi connectivity index (χ4n) is 5.44. The Labute approximate surface area is 185 Å². The molecule has 6 rings (SSSR count). The van der Waals surface area contributed by atoms with E-state index in [9.17, 15) is 0 Å². The predicted molar refractivity (Wildman–Crippen MR) is 128 cm³/mol. The van der Waals surface area contributed by atoms with Crippen LogP contribution in [-0.4, -0.2) is 22.1 Å². The molecule has 0 bridgehead atoms. The molecule has 0 N–H and O–H groups in total. The Kier molecular flexibility index (Phi) is 4.73. The van der Waals surface area contributed by atoms with E-state index in [4.69, 9.17) is 0 Å². The molecule has 2 heteroatoms. The molecule has 3 atom stereocenters. The fraction of sp³-hybridized carbons (Fsp3) is 0.241. The minimum Gasteiger partial charge on any atom is -0.293 e. The van der Waals surface area contributed by atoms with E-state index >= 15 is 0 Å². The second-order valence-corrected chi connectivity index (χ2v) is 8.88. The van der Waals surface area contributed by atoms with Crippen molar-refractivity contribution in [2.45, 2.75) is 43.8 Å². The number of hydrogen-bond acceptors (Lipinski definition) is 2. The van der Waals surface area contributed by atoms with Crippen LogP contribution in [0, 0.1) is 0 Å². The number of nitrogens with zero attached hydrogens (tertiary/aromatic N) is 2. The molecule has 1 saturated heterocycles. The lowest BCUT2D eigenvalue weighted by Gasteiger charge is -2.39. The molecule has 0 spiro atoms. The lowest BCUT2D eigenvalue weighted by atomic mass is 9.92. The highest BCUT2D eigenvalue weighted by Crippen LogP contribution is 2.50. The van der Waals surface area contributed by atoms with Crippen LogP contribution in [0.3, 0.4) is 0 Å². The summed E-state index contributed by atoms with van der Waals surface area (Å²) in [7, 11) is 0. The van der Waals surface area contributed by atoms with Crippen molar-refractivity contribution in [1.82, 2.24) is 10.0 Å². The minimum atomic E-state index is 0.196. The van der Waals surface area contributed by atoms with Crippen LogP contribution in [0.2, 0.25) is 0 Å². The molecule has 2 fully saturated rings. The molecule has 0 radical (unpaired) electrons. The molecule has 154 valence electrons. The van der Waals surface area contributed by atoms with Gasteiger partial charge in [-0.1, -0.05) is 104 Å². The lowest BCUT2D eigenvalue weighted by Crippen LogP contribution is -2.35. The molecule has 0 aromatic heterocycles. The van der Waals surface area contributed by atoms with Gasteiger partial charge in [0.2, 0.25) is 0 Å². The molecule has 1 saturated carbocycles. The first-order valence-corrected chi connectivity index (χ1v) is 11.6. The number of fused-ring (bicyclic) bond motifs is 1. The smallest absolute Gasteiger partial charge is 0.0897 e. The first-order chi connectivity index (χ1) is 15.4. The highest BCUT2D eigenvalue weighted by molar-refractivity contribution is 5.86. The Balaban J connectivity index is 1.51. The molecule has 3 aromatic rings.